The average molecular weight is 709 g/mol. The van der Waals surface area contributed by atoms with Crippen molar-refractivity contribution in [3.63, 3.8) is 0 Å². The molecule has 45 heavy (non-hydrogen) atoms. The number of phosphoric acid groups is 1. The number of quaternary nitrogens is 1. The summed E-state index contributed by atoms with van der Waals surface area (Å²) >= 11 is 0. The van der Waals surface area contributed by atoms with Gasteiger partial charge in [0.25, 0.3) is 0 Å². The summed E-state index contributed by atoms with van der Waals surface area (Å²) in [5, 5.41) is 9.82. The number of hydrogen-bond donors (Lipinski definition) is 2. The van der Waals surface area contributed by atoms with Crippen molar-refractivity contribution in [2.24, 2.45) is 0 Å². The number of aliphatic hydroxyl groups is 1. The lowest BCUT2D eigenvalue weighted by atomic mass is 9.94. The molecule has 272 valence electrons. The standard InChI is InChI=1S/C26H45F11NO6P/c1-38(2,3)16-18-43-45(40,41)44-20-21(39)19-42-17-14-12-10-8-6-4-5-7-9-11-13-15-22(27,28)23(29,30)24(31,32)25(33,34)26(35,36)37/h21,39H,4-20H2,1-3H3/p+1/t21-/m1/s1. The van der Waals surface area contributed by atoms with Gasteiger partial charge in [-0.3, -0.25) is 0 Å². The first-order valence-corrected chi connectivity index (χ1v) is 16.1. The van der Waals surface area contributed by atoms with Crippen molar-refractivity contribution < 1.29 is 81.5 Å². The molecule has 0 heterocycles. The topological polar surface area (TPSA) is 91.2 Å². The van der Waals surface area contributed by atoms with Crippen molar-refractivity contribution >= 4 is 8.17 Å². The van der Waals surface area contributed by atoms with E-state index in [1.54, 1.807) is 0 Å². The van der Waals surface area contributed by atoms with E-state index in [0.29, 0.717) is 36.9 Å². The molecule has 2 N–H and O–H groups in total. The van der Waals surface area contributed by atoms with Crippen LogP contribution in [0.15, 0.2) is 0 Å². The molecule has 0 spiro atoms. The van der Waals surface area contributed by atoms with Gasteiger partial charge in [-0.2, -0.15) is 62.2 Å². The number of alkyl halides is 11. The van der Waals surface area contributed by atoms with Crippen molar-refractivity contribution in [1.82, 2.24) is 0 Å². The first-order valence-electron chi connectivity index (χ1n) is 14.6. The summed E-state index contributed by atoms with van der Waals surface area (Å²) in [6.45, 7) is 0.295. The van der Waals surface area contributed by atoms with Crippen LogP contribution in [0.2, 0.25) is 0 Å². The van der Waals surface area contributed by atoms with E-state index in [1.165, 1.54) is 0 Å². The normalized spacial score (nSPS) is 16.2. The zero-order valence-electron chi connectivity index (χ0n) is 25.7. The number of rotatable bonds is 26. The van der Waals surface area contributed by atoms with Crippen LogP contribution in [0.1, 0.15) is 77.0 Å². The van der Waals surface area contributed by atoms with Gasteiger partial charge >= 0.3 is 38.0 Å². The summed E-state index contributed by atoms with van der Waals surface area (Å²) in [5.74, 6) is -27.4. The van der Waals surface area contributed by atoms with Crippen LogP contribution in [0.25, 0.3) is 0 Å². The fraction of sp³-hybridized carbons (Fsp3) is 1.00. The summed E-state index contributed by atoms with van der Waals surface area (Å²) in [5.41, 5.74) is 0. The predicted molar refractivity (Wildman–Crippen MR) is 142 cm³/mol. The van der Waals surface area contributed by atoms with E-state index in [9.17, 15) is 63.2 Å². The Morgan fingerprint density at radius 1 is 0.622 bits per heavy atom. The van der Waals surface area contributed by atoms with E-state index < -0.39 is 63.6 Å². The van der Waals surface area contributed by atoms with E-state index in [2.05, 4.69) is 0 Å². The molecule has 0 aromatic rings. The third-order valence-corrected chi connectivity index (χ3v) is 7.62. The predicted octanol–water partition coefficient (Wildman–Crippen LogP) is 6.92. The van der Waals surface area contributed by atoms with Crippen LogP contribution in [0.4, 0.5) is 48.3 Å². The second kappa shape index (κ2) is 18.8. The Kier molecular flexibility index (Phi) is 18.5. The van der Waals surface area contributed by atoms with Gasteiger partial charge in [0.15, 0.2) is 0 Å². The minimum atomic E-state index is -7.35. The maximum Gasteiger partial charge on any atom is 0.460 e. The first-order chi connectivity index (χ1) is 20.3. The van der Waals surface area contributed by atoms with Crippen LogP contribution in [0.5, 0.6) is 0 Å². The summed E-state index contributed by atoms with van der Waals surface area (Å²) in [4.78, 5) is 21.4. The Morgan fingerprint density at radius 3 is 1.51 bits per heavy atom. The first kappa shape index (κ1) is 44.4. The SMILES string of the molecule is C[N+](C)(C)CCO[P+]([O-])(O)OC[C@H](O)COCCCCCCCCCCCCCC(F)(F)C(F)(F)C(F)(F)C(F)(F)C(F)(F)F. The largest absolute Gasteiger partial charge is 0.606 e. The molecule has 0 aliphatic rings. The summed E-state index contributed by atoms with van der Waals surface area (Å²) in [7, 11) is 1.37. The monoisotopic (exact) mass is 708 g/mol. The number of nitrogens with zero attached hydrogens (tertiary/aromatic N) is 1. The van der Waals surface area contributed by atoms with E-state index in [-0.39, 0.29) is 26.1 Å². The van der Waals surface area contributed by atoms with Crippen LogP contribution < -0.4 is 4.89 Å². The molecule has 0 aromatic carbocycles. The van der Waals surface area contributed by atoms with Crippen molar-refractivity contribution in [3.05, 3.63) is 0 Å². The summed E-state index contributed by atoms with van der Waals surface area (Å²) < 4.78 is 158. The van der Waals surface area contributed by atoms with Gasteiger partial charge in [-0.25, -0.2) is 0 Å². The number of unbranched alkanes of at least 4 members (excludes halogenated alkanes) is 10. The molecule has 0 radical (unpaired) electrons. The molecule has 0 rings (SSSR count). The third kappa shape index (κ3) is 15.9. The molecule has 0 aromatic heterocycles. The van der Waals surface area contributed by atoms with Gasteiger partial charge in [-0.1, -0.05) is 57.8 Å². The maximum atomic E-state index is 13.7. The third-order valence-electron chi connectivity index (χ3n) is 6.64. The molecule has 0 saturated carbocycles. The fourth-order valence-electron chi connectivity index (χ4n) is 3.82. The van der Waals surface area contributed by atoms with Gasteiger partial charge in [0, 0.05) is 13.0 Å². The highest BCUT2D eigenvalue weighted by atomic mass is 31.2. The maximum absolute atomic E-state index is 13.7. The number of ether oxygens (including phenoxy) is 1. The number of hydrogen-bond acceptors (Lipinski definition) is 6. The molecule has 0 amide bonds. The van der Waals surface area contributed by atoms with Crippen LogP contribution >= 0.6 is 8.17 Å². The smallest absolute Gasteiger partial charge is 0.460 e. The van der Waals surface area contributed by atoms with E-state index >= 15 is 0 Å². The van der Waals surface area contributed by atoms with Gasteiger partial charge in [-0.05, 0) is 12.8 Å². The molecular weight excluding hydrogens is 662 g/mol. The number of phosphoric ester groups is 1. The quantitative estimate of drug-likeness (QED) is 0.0439. The lowest BCUT2D eigenvalue weighted by Crippen LogP contribution is -2.66. The van der Waals surface area contributed by atoms with Crippen LogP contribution in [-0.4, -0.2) is 105 Å². The zero-order chi connectivity index (χ0) is 35.2. The molecule has 19 heteroatoms. The van der Waals surface area contributed by atoms with Gasteiger partial charge in [0.2, 0.25) is 0 Å². The van der Waals surface area contributed by atoms with E-state index in [1.807, 2.05) is 21.1 Å². The van der Waals surface area contributed by atoms with Gasteiger partial charge in [0.05, 0.1) is 27.7 Å². The molecule has 1 unspecified atom stereocenters. The average Bonchev–Trinajstić information content (AvgIpc) is 2.87. The van der Waals surface area contributed by atoms with E-state index in [0.717, 1.165) is 32.1 Å². The second-order valence-corrected chi connectivity index (χ2v) is 13.4. The van der Waals surface area contributed by atoms with Crippen molar-refractivity contribution in [2.45, 2.75) is 113 Å². The fourth-order valence-corrected chi connectivity index (χ4v) is 4.57. The Morgan fingerprint density at radius 2 is 1.07 bits per heavy atom. The van der Waals surface area contributed by atoms with Crippen molar-refractivity contribution in [3.8, 4) is 0 Å². The highest BCUT2D eigenvalue weighted by Crippen LogP contribution is 2.58. The van der Waals surface area contributed by atoms with Crippen LogP contribution in [0.3, 0.4) is 0 Å². The number of aliphatic hydroxyl groups excluding tert-OH is 1. The minimum Gasteiger partial charge on any atom is -0.606 e. The molecule has 0 fully saturated rings. The molecule has 2 atom stereocenters. The summed E-state index contributed by atoms with van der Waals surface area (Å²) in [6, 6.07) is 0. The second-order valence-electron chi connectivity index (χ2n) is 11.9. The van der Waals surface area contributed by atoms with Gasteiger partial charge < -0.3 is 19.2 Å². The Balaban J connectivity index is 3.92. The molecule has 0 bridgehead atoms. The zero-order valence-corrected chi connectivity index (χ0v) is 26.6. The van der Waals surface area contributed by atoms with Crippen molar-refractivity contribution in [1.29, 1.82) is 0 Å². The lowest BCUT2D eigenvalue weighted by Gasteiger charge is -2.37. The Hall–Kier alpha value is -0.620. The van der Waals surface area contributed by atoms with E-state index in [4.69, 9.17) is 13.8 Å². The van der Waals surface area contributed by atoms with Gasteiger partial charge in [0.1, 0.15) is 25.9 Å². The Bertz CT molecular complexity index is 815. The van der Waals surface area contributed by atoms with Crippen molar-refractivity contribution in [2.75, 3.05) is 54.1 Å². The van der Waals surface area contributed by atoms with Crippen LogP contribution in [0, 0.1) is 0 Å². The lowest BCUT2D eigenvalue weighted by molar-refractivity contribution is -0.870. The molecule has 7 nitrogen and oxygen atoms in total. The molecule has 0 saturated heterocycles. The summed E-state index contributed by atoms with van der Waals surface area (Å²) in [6.07, 6.45) is -4.86. The highest BCUT2D eigenvalue weighted by Gasteiger charge is 2.86. The van der Waals surface area contributed by atoms with Crippen LogP contribution in [-0.2, 0) is 13.8 Å². The Labute approximate surface area is 257 Å². The highest BCUT2D eigenvalue weighted by molar-refractivity contribution is 7.52. The van der Waals surface area contributed by atoms with Gasteiger partial charge in [-0.15, -0.1) is 0 Å². The molecule has 0 aliphatic carbocycles. The number of halogens is 11. The minimum absolute atomic E-state index is 0.00322. The molecular formula is C26H46F11NO6P+. The number of likely N-dealkylation sites (N-methyl/N-ethyl adjacent to an activating group) is 1. The molecule has 0 aliphatic heterocycles.